The van der Waals surface area contributed by atoms with Crippen LogP contribution >= 0.6 is 0 Å². The van der Waals surface area contributed by atoms with Gasteiger partial charge in [0.1, 0.15) is 11.5 Å². The van der Waals surface area contributed by atoms with Gasteiger partial charge in [-0.3, -0.25) is 25.2 Å². The van der Waals surface area contributed by atoms with Crippen LogP contribution in [-0.4, -0.2) is 52.1 Å². The third-order valence-electron chi connectivity index (χ3n) is 6.49. The smallest absolute Gasteiger partial charge is 0.343 e. The van der Waals surface area contributed by atoms with Gasteiger partial charge >= 0.3 is 5.97 Å². The maximum absolute atomic E-state index is 12.8. The predicted octanol–water partition coefficient (Wildman–Crippen LogP) is 4.67. The summed E-state index contributed by atoms with van der Waals surface area (Å²) in [6, 6.07) is 22.2. The number of methoxy groups -OCH3 is 4. The van der Waals surface area contributed by atoms with Gasteiger partial charge in [-0.1, -0.05) is 18.2 Å². The number of esters is 1. The Labute approximate surface area is 264 Å². The van der Waals surface area contributed by atoms with E-state index in [2.05, 4.69) is 16.2 Å². The molecule has 4 aromatic carbocycles. The number of hydrogen-bond donors (Lipinski definition) is 3. The van der Waals surface area contributed by atoms with Gasteiger partial charge in [0.25, 0.3) is 17.7 Å². The first-order chi connectivity index (χ1) is 22.3. The van der Waals surface area contributed by atoms with Gasteiger partial charge in [0.2, 0.25) is 5.75 Å². The maximum atomic E-state index is 12.8. The minimum absolute atomic E-state index is 0.228. The lowest BCUT2D eigenvalue weighted by atomic mass is 10.1. The van der Waals surface area contributed by atoms with Gasteiger partial charge in [-0.05, 0) is 72.8 Å². The lowest BCUT2D eigenvalue weighted by molar-refractivity contribution is -0.117. The first-order valence-electron chi connectivity index (χ1n) is 13.7. The van der Waals surface area contributed by atoms with E-state index in [0.29, 0.717) is 39.8 Å². The van der Waals surface area contributed by atoms with Gasteiger partial charge in [-0.2, -0.15) is 0 Å². The van der Waals surface area contributed by atoms with Crippen molar-refractivity contribution in [1.29, 1.82) is 0 Å². The van der Waals surface area contributed by atoms with E-state index in [1.165, 1.54) is 77.0 Å². The molecule has 4 aromatic rings. The molecule has 4 rings (SSSR count). The van der Waals surface area contributed by atoms with Crippen molar-refractivity contribution in [3.05, 3.63) is 113 Å². The Hall–Kier alpha value is -6.30. The fourth-order valence-corrected chi connectivity index (χ4v) is 4.12. The first kappa shape index (κ1) is 32.6. The van der Waals surface area contributed by atoms with Crippen molar-refractivity contribution in [2.75, 3.05) is 33.8 Å². The lowest BCUT2D eigenvalue weighted by Gasteiger charge is -2.14. The molecule has 0 radical (unpaired) electrons. The van der Waals surface area contributed by atoms with E-state index < -0.39 is 23.7 Å². The molecule has 0 atom stereocenters. The average molecular weight is 626 g/mol. The normalized spacial score (nSPS) is 10.4. The molecule has 0 aromatic heterocycles. The van der Waals surface area contributed by atoms with Crippen molar-refractivity contribution in [2.24, 2.45) is 0 Å². The number of anilines is 1. The molecule has 3 amide bonds. The summed E-state index contributed by atoms with van der Waals surface area (Å²) in [7, 11) is 5.89. The largest absolute Gasteiger partial charge is 0.497 e. The van der Waals surface area contributed by atoms with Crippen molar-refractivity contribution >= 4 is 35.5 Å². The predicted molar refractivity (Wildman–Crippen MR) is 170 cm³/mol. The van der Waals surface area contributed by atoms with Crippen molar-refractivity contribution in [3.8, 4) is 28.7 Å². The SMILES string of the molecule is COc1ccc(C(=O)Oc2ccccc2/C=C/C(=O)NNC(=O)c2ccc(NC(=O)c3cc(OC)c(OC)c(OC)c3)cc2)cc1. The molecule has 0 aliphatic heterocycles. The lowest BCUT2D eigenvalue weighted by Crippen LogP contribution is -2.40. The number of rotatable bonds is 11. The highest BCUT2D eigenvalue weighted by Crippen LogP contribution is 2.38. The van der Waals surface area contributed by atoms with Crippen LogP contribution in [0.3, 0.4) is 0 Å². The highest BCUT2D eigenvalue weighted by atomic mass is 16.5. The average Bonchev–Trinajstić information content (AvgIpc) is 3.09. The zero-order valence-corrected chi connectivity index (χ0v) is 25.4. The van der Waals surface area contributed by atoms with Gasteiger partial charge in [0, 0.05) is 28.5 Å². The van der Waals surface area contributed by atoms with Crippen molar-refractivity contribution in [3.63, 3.8) is 0 Å². The van der Waals surface area contributed by atoms with Crippen molar-refractivity contribution in [2.45, 2.75) is 0 Å². The second-order valence-electron chi connectivity index (χ2n) is 9.38. The fourth-order valence-electron chi connectivity index (χ4n) is 4.12. The molecule has 0 aliphatic rings. The maximum Gasteiger partial charge on any atom is 0.343 e. The summed E-state index contributed by atoms with van der Waals surface area (Å²) in [5.41, 5.74) is 6.34. The van der Waals surface area contributed by atoms with Gasteiger partial charge < -0.3 is 29.0 Å². The van der Waals surface area contributed by atoms with Crippen LogP contribution in [0.5, 0.6) is 28.7 Å². The fraction of sp³-hybridized carbons (Fsp3) is 0.118. The standard InChI is InChI=1S/C34H31N3O9/c1-42-26-16-11-23(12-17-26)34(41)46-27-8-6-5-7-21(27)13-18-30(38)36-37-33(40)22-9-14-25(15-10-22)35-32(39)24-19-28(43-2)31(45-4)29(20-24)44-3/h5-20H,1-4H3,(H,35,39)(H,36,38)(H,37,40)/b18-13+. The second kappa shape index (κ2) is 15.4. The van der Waals surface area contributed by atoms with E-state index in [9.17, 15) is 19.2 Å². The van der Waals surface area contributed by atoms with E-state index in [4.69, 9.17) is 23.7 Å². The summed E-state index contributed by atoms with van der Waals surface area (Å²) < 4.78 is 26.5. The molecule has 0 aliphatic carbocycles. The van der Waals surface area contributed by atoms with Crippen LogP contribution in [0.25, 0.3) is 6.08 Å². The third-order valence-corrected chi connectivity index (χ3v) is 6.49. The molecule has 0 saturated heterocycles. The monoisotopic (exact) mass is 625 g/mol. The topological polar surface area (TPSA) is 151 Å². The summed E-state index contributed by atoms with van der Waals surface area (Å²) in [6.45, 7) is 0. The van der Waals surface area contributed by atoms with Crippen LogP contribution in [-0.2, 0) is 4.79 Å². The van der Waals surface area contributed by atoms with Gasteiger partial charge in [-0.25, -0.2) is 4.79 Å². The quantitative estimate of drug-likeness (QED) is 0.0935. The minimum Gasteiger partial charge on any atom is -0.497 e. The molecule has 0 fully saturated rings. The molecular weight excluding hydrogens is 594 g/mol. The van der Waals surface area contributed by atoms with Crippen molar-refractivity contribution in [1.82, 2.24) is 10.9 Å². The molecule has 3 N–H and O–H groups in total. The first-order valence-corrected chi connectivity index (χ1v) is 13.7. The van der Waals surface area contributed by atoms with Crippen LogP contribution < -0.4 is 39.9 Å². The number of ether oxygens (including phenoxy) is 5. The Kier molecular flexibility index (Phi) is 10.9. The molecule has 12 heteroatoms. The van der Waals surface area contributed by atoms with E-state index in [-0.39, 0.29) is 16.9 Å². The Bertz CT molecular complexity index is 1730. The zero-order chi connectivity index (χ0) is 33.1. The highest BCUT2D eigenvalue weighted by molar-refractivity contribution is 6.05. The number of amides is 3. The Morgan fingerprint density at radius 1 is 0.609 bits per heavy atom. The summed E-state index contributed by atoms with van der Waals surface area (Å²) in [6.07, 6.45) is 2.63. The highest BCUT2D eigenvalue weighted by Gasteiger charge is 2.17. The molecule has 0 bridgehead atoms. The van der Waals surface area contributed by atoms with Gasteiger partial charge in [-0.15, -0.1) is 0 Å². The van der Waals surface area contributed by atoms with Crippen LogP contribution in [0.2, 0.25) is 0 Å². The molecule has 12 nitrogen and oxygen atoms in total. The molecule has 0 spiro atoms. The van der Waals surface area contributed by atoms with E-state index in [1.807, 2.05) is 0 Å². The number of carbonyl (C=O) groups excluding carboxylic acids is 4. The minimum atomic E-state index is -0.626. The van der Waals surface area contributed by atoms with E-state index in [1.54, 1.807) is 48.5 Å². The Balaban J connectivity index is 1.31. The number of benzene rings is 4. The van der Waals surface area contributed by atoms with Crippen LogP contribution in [0, 0.1) is 0 Å². The van der Waals surface area contributed by atoms with Crippen LogP contribution in [0.1, 0.15) is 36.6 Å². The molecule has 236 valence electrons. The van der Waals surface area contributed by atoms with Gasteiger partial charge in [0.05, 0.1) is 34.0 Å². The molecule has 46 heavy (non-hydrogen) atoms. The summed E-state index contributed by atoms with van der Waals surface area (Å²) in [5.74, 6) is -0.366. The third kappa shape index (κ3) is 8.20. The number of para-hydroxylation sites is 1. The van der Waals surface area contributed by atoms with Crippen LogP contribution in [0.15, 0.2) is 91.0 Å². The van der Waals surface area contributed by atoms with Crippen molar-refractivity contribution < 1.29 is 42.9 Å². The summed E-state index contributed by atoms with van der Waals surface area (Å²) in [4.78, 5) is 50.4. The number of nitrogens with one attached hydrogen (secondary N) is 3. The second-order valence-corrected chi connectivity index (χ2v) is 9.38. The van der Waals surface area contributed by atoms with E-state index in [0.717, 1.165) is 0 Å². The molecular formula is C34H31N3O9. The Morgan fingerprint density at radius 3 is 1.85 bits per heavy atom. The van der Waals surface area contributed by atoms with E-state index >= 15 is 0 Å². The number of hydrazine groups is 1. The summed E-state index contributed by atoms with van der Waals surface area (Å²) in [5, 5.41) is 2.74. The van der Waals surface area contributed by atoms with Crippen LogP contribution in [0.4, 0.5) is 5.69 Å². The number of hydrogen-bond acceptors (Lipinski definition) is 9. The molecule has 0 heterocycles. The number of carbonyl (C=O) groups is 4. The zero-order valence-electron chi connectivity index (χ0n) is 25.4. The Morgan fingerprint density at radius 2 is 1.24 bits per heavy atom. The molecule has 0 saturated carbocycles. The summed E-state index contributed by atoms with van der Waals surface area (Å²) >= 11 is 0. The molecule has 0 unspecified atom stereocenters. The van der Waals surface area contributed by atoms with Gasteiger partial charge in [0.15, 0.2) is 11.5 Å².